The van der Waals surface area contributed by atoms with E-state index in [-0.39, 0.29) is 0 Å². The summed E-state index contributed by atoms with van der Waals surface area (Å²) in [6, 6.07) is 0. The van der Waals surface area contributed by atoms with Gasteiger partial charge in [-0.2, -0.15) is 0 Å². The minimum Gasteiger partial charge on any atom is -0.361 e. The molecule has 0 rings (SSSR count). The standard InChI is InChI=1S/2C2H6.2CH3NOS/c2*1-2;2*2-1(3)4/h2*1-2H3;2*(H3,2,3,4). The van der Waals surface area contributed by atoms with Crippen LogP contribution < -0.4 is 11.5 Å². The van der Waals surface area contributed by atoms with Crippen molar-refractivity contribution in [1.82, 2.24) is 0 Å². The fourth-order valence-electron chi connectivity index (χ4n) is 0. The van der Waals surface area contributed by atoms with Crippen LogP contribution in [0.5, 0.6) is 0 Å². The van der Waals surface area contributed by atoms with E-state index in [0.717, 1.165) is 0 Å². The van der Waals surface area contributed by atoms with E-state index in [2.05, 4.69) is 36.7 Å². The number of nitrogens with two attached hydrogens (primary N) is 2. The number of primary amides is 2. The second-order valence-electron chi connectivity index (χ2n) is 0.676. The van der Waals surface area contributed by atoms with Gasteiger partial charge in [-0.1, -0.05) is 53.0 Å². The van der Waals surface area contributed by atoms with Crippen molar-refractivity contribution in [3.63, 3.8) is 0 Å². The fourth-order valence-corrected chi connectivity index (χ4v) is 0. The Labute approximate surface area is 84.9 Å². The SMILES string of the molecule is CC.CC.NC(=O)S.NC(=O)S. The third-order valence-corrected chi connectivity index (χ3v) is 0. The molecule has 0 aliphatic rings. The first-order valence-corrected chi connectivity index (χ1v) is 4.33. The lowest BCUT2D eigenvalue weighted by Crippen LogP contribution is -1.95. The van der Waals surface area contributed by atoms with E-state index in [0.29, 0.717) is 0 Å². The molecule has 0 bridgehead atoms. The van der Waals surface area contributed by atoms with Gasteiger partial charge in [0.2, 0.25) is 0 Å². The maximum atomic E-state index is 9.09. The number of hydrogen-bond acceptors (Lipinski definition) is 2. The highest BCUT2D eigenvalue weighted by molar-refractivity contribution is 7.96. The van der Waals surface area contributed by atoms with Crippen LogP contribution in [0.1, 0.15) is 27.7 Å². The summed E-state index contributed by atoms with van der Waals surface area (Å²) in [4.78, 5) is 18.2. The van der Waals surface area contributed by atoms with Crippen LogP contribution >= 0.6 is 25.3 Å². The minimum absolute atomic E-state index is 0.639. The van der Waals surface area contributed by atoms with Crippen LogP contribution in [0.3, 0.4) is 0 Å². The molecule has 0 aliphatic carbocycles. The zero-order chi connectivity index (χ0) is 11.2. The molecule has 0 aromatic carbocycles. The van der Waals surface area contributed by atoms with Crippen LogP contribution in [0.25, 0.3) is 0 Å². The molecule has 0 aromatic rings. The number of carbonyl (C=O) groups excluding carboxylic acids is 2. The van der Waals surface area contributed by atoms with Crippen molar-refractivity contribution in [2.45, 2.75) is 27.7 Å². The second kappa shape index (κ2) is 31.1. The predicted octanol–water partition coefficient (Wildman–Crippen LogP) is 2.04. The maximum Gasteiger partial charge on any atom is 0.273 e. The Balaban J connectivity index is -0.0000000380. The summed E-state index contributed by atoms with van der Waals surface area (Å²) in [6.07, 6.45) is 0. The molecule has 6 heteroatoms. The molecule has 0 radical (unpaired) electrons. The van der Waals surface area contributed by atoms with Crippen molar-refractivity contribution in [2.24, 2.45) is 11.5 Å². The van der Waals surface area contributed by atoms with Crippen LogP contribution in [0.4, 0.5) is 9.59 Å². The number of carbonyl (C=O) groups is 2. The Morgan fingerprint density at radius 3 is 0.833 bits per heavy atom. The average molecular weight is 214 g/mol. The van der Waals surface area contributed by atoms with E-state index < -0.39 is 10.5 Å². The van der Waals surface area contributed by atoms with Gasteiger partial charge in [-0.15, -0.1) is 0 Å². The number of thiol groups is 2. The van der Waals surface area contributed by atoms with Crippen molar-refractivity contribution in [2.75, 3.05) is 0 Å². The molecular formula is C6H18N2O2S2. The van der Waals surface area contributed by atoms with Gasteiger partial charge in [0.05, 0.1) is 0 Å². The Bertz CT molecular complexity index is 79.5. The summed E-state index contributed by atoms with van der Waals surface area (Å²) in [6.45, 7) is 8.00. The number of hydrogen-bond donors (Lipinski definition) is 4. The fraction of sp³-hybridized carbons (Fsp3) is 0.667. The zero-order valence-electron chi connectivity index (χ0n) is 7.87. The highest BCUT2D eigenvalue weighted by atomic mass is 32.1. The lowest BCUT2D eigenvalue weighted by Gasteiger charge is -1.59. The van der Waals surface area contributed by atoms with Crippen molar-refractivity contribution in [3.8, 4) is 0 Å². The summed E-state index contributed by atoms with van der Waals surface area (Å²) in [5.74, 6) is 0. The molecule has 2 amide bonds. The first-order valence-electron chi connectivity index (χ1n) is 3.43. The van der Waals surface area contributed by atoms with Crippen LogP contribution in [0, 0.1) is 0 Å². The normalized spacial score (nSPS) is 5.17. The third kappa shape index (κ3) is 5550. The first-order chi connectivity index (χ1) is 5.46. The molecule has 0 heterocycles. The summed E-state index contributed by atoms with van der Waals surface area (Å²) in [7, 11) is 0. The Hall–Kier alpha value is -0.360. The van der Waals surface area contributed by atoms with E-state index in [4.69, 9.17) is 9.59 Å². The summed E-state index contributed by atoms with van der Waals surface area (Å²) in [5, 5.41) is -1.28. The molecule has 0 spiro atoms. The van der Waals surface area contributed by atoms with Crippen LogP contribution in [0.15, 0.2) is 0 Å². The molecule has 4 N–H and O–H groups in total. The van der Waals surface area contributed by atoms with Gasteiger partial charge in [0.1, 0.15) is 0 Å². The van der Waals surface area contributed by atoms with Gasteiger partial charge >= 0.3 is 0 Å². The average Bonchev–Trinajstić information content (AvgIpc) is 1.93. The molecule has 12 heavy (non-hydrogen) atoms. The summed E-state index contributed by atoms with van der Waals surface area (Å²) in [5.41, 5.74) is 8.67. The maximum absolute atomic E-state index is 9.09. The lowest BCUT2D eigenvalue weighted by atomic mass is 11.0. The van der Waals surface area contributed by atoms with Crippen LogP contribution in [-0.4, -0.2) is 10.5 Å². The molecule has 0 saturated heterocycles. The Kier molecular flexibility index (Phi) is 58.5. The van der Waals surface area contributed by atoms with Gasteiger partial charge in [-0.3, -0.25) is 9.59 Å². The Morgan fingerprint density at radius 1 is 0.833 bits per heavy atom. The van der Waals surface area contributed by atoms with Crippen LogP contribution in [-0.2, 0) is 0 Å². The van der Waals surface area contributed by atoms with Gasteiger partial charge in [0.15, 0.2) is 0 Å². The van der Waals surface area contributed by atoms with Gasteiger partial charge < -0.3 is 11.5 Å². The largest absolute Gasteiger partial charge is 0.361 e. The topological polar surface area (TPSA) is 86.2 Å². The highest BCUT2D eigenvalue weighted by Gasteiger charge is 1.63. The summed E-state index contributed by atoms with van der Waals surface area (Å²) < 4.78 is 0. The molecule has 0 aliphatic heterocycles. The van der Waals surface area contributed by atoms with E-state index in [1.54, 1.807) is 0 Å². The lowest BCUT2D eigenvalue weighted by molar-refractivity contribution is 0.266. The molecule has 0 aromatic heterocycles. The second-order valence-corrected chi connectivity index (χ2v) is 1.56. The zero-order valence-corrected chi connectivity index (χ0v) is 9.65. The van der Waals surface area contributed by atoms with Crippen LogP contribution in [0.2, 0.25) is 0 Å². The highest BCUT2D eigenvalue weighted by Crippen LogP contribution is 1.61. The van der Waals surface area contributed by atoms with E-state index in [1.165, 1.54) is 0 Å². The Morgan fingerprint density at radius 2 is 0.833 bits per heavy atom. The van der Waals surface area contributed by atoms with Gasteiger partial charge in [-0.25, -0.2) is 0 Å². The molecule has 4 nitrogen and oxygen atoms in total. The molecule has 76 valence electrons. The molecule has 0 atom stereocenters. The van der Waals surface area contributed by atoms with Gasteiger partial charge in [0.25, 0.3) is 10.5 Å². The number of amides is 2. The van der Waals surface area contributed by atoms with E-state index >= 15 is 0 Å². The first kappa shape index (κ1) is 22.6. The predicted molar refractivity (Wildman–Crippen MR) is 59.8 cm³/mol. The van der Waals surface area contributed by atoms with Crippen molar-refractivity contribution in [1.29, 1.82) is 0 Å². The van der Waals surface area contributed by atoms with Gasteiger partial charge in [0, 0.05) is 0 Å². The van der Waals surface area contributed by atoms with Crippen molar-refractivity contribution >= 4 is 35.7 Å². The quantitative estimate of drug-likeness (QED) is 0.465. The molecule has 0 fully saturated rings. The number of rotatable bonds is 0. The minimum atomic E-state index is -0.639. The third-order valence-electron chi connectivity index (χ3n) is 0. The van der Waals surface area contributed by atoms with E-state index in [9.17, 15) is 0 Å². The van der Waals surface area contributed by atoms with Crippen molar-refractivity contribution < 1.29 is 9.59 Å². The smallest absolute Gasteiger partial charge is 0.273 e. The van der Waals surface area contributed by atoms with E-state index in [1.807, 2.05) is 27.7 Å². The monoisotopic (exact) mass is 214 g/mol. The summed E-state index contributed by atoms with van der Waals surface area (Å²) >= 11 is 6.21. The molecule has 0 unspecified atom stereocenters. The molecule has 0 saturated carbocycles. The van der Waals surface area contributed by atoms with Gasteiger partial charge in [-0.05, 0) is 0 Å². The molecular weight excluding hydrogens is 196 g/mol. The van der Waals surface area contributed by atoms with Crippen molar-refractivity contribution in [3.05, 3.63) is 0 Å².